The Hall–Kier alpha value is -3.21. The van der Waals surface area contributed by atoms with Crippen LogP contribution < -0.4 is 9.47 Å². The number of rotatable bonds is 5. The van der Waals surface area contributed by atoms with Crippen LogP contribution in [-0.2, 0) is 9.59 Å². The van der Waals surface area contributed by atoms with Crippen LogP contribution in [0.1, 0.15) is 20.8 Å². The number of benzene rings is 2. The Morgan fingerprint density at radius 1 is 1.00 bits per heavy atom. The summed E-state index contributed by atoms with van der Waals surface area (Å²) in [5.74, 6) is -0.902. The maximum absolute atomic E-state index is 13.7. The molecule has 2 aromatic rings. The van der Waals surface area contributed by atoms with Gasteiger partial charge in [0.2, 0.25) is 0 Å². The largest absolute Gasteiger partial charge is 0.426 e. The van der Waals surface area contributed by atoms with E-state index >= 15 is 0 Å². The Morgan fingerprint density at radius 2 is 1.54 bits per heavy atom. The molecule has 26 heavy (non-hydrogen) atoms. The van der Waals surface area contributed by atoms with Crippen LogP contribution in [0.15, 0.2) is 66.8 Å². The number of esters is 1. The molecule has 0 fully saturated rings. The van der Waals surface area contributed by atoms with Gasteiger partial charge in [-0.15, -0.1) is 6.58 Å². The molecule has 136 valence electrons. The Labute approximate surface area is 152 Å². The lowest BCUT2D eigenvalue weighted by Crippen LogP contribution is -2.07. The highest BCUT2D eigenvalue weighted by molar-refractivity contribution is 5.88. The summed E-state index contributed by atoms with van der Waals surface area (Å²) < 4.78 is 23.3. The molecule has 0 aliphatic carbocycles. The molecule has 0 saturated carbocycles. The Kier molecular flexibility index (Phi) is 7.96. The van der Waals surface area contributed by atoms with Crippen molar-refractivity contribution in [3.05, 3.63) is 72.6 Å². The standard InChI is InChI=1S/C17H13FO4.C4H8/c1-11(2)17(20)22-14-6-3-12(4-7-14)13-5-8-16(21-10-19)15(18)9-13;1-4(2)3/h3-10H,1H2,2H3;1H2,2-3H3. The molecular weight excluding hydrogens is 335 g/mol. The molecule has 0 spiro atoms. The molecule has 2 rings (SSSR count). The molecule has 0 aliphatic heterocycles. The summed E-state index contributed by atoms with van der Waals surface area (Å²) >= 11 is 0. The van der Waals surface area contributed by atoms with Gasteiger partial charge >= 0.3 is 5.97 Å². The summed E-state index contributed by atoms with van der Waals surface area (Å²) in [4.78, 5) is 21.6. The zero-order chi connectivity index (χ0) is 19.7. The molecule has 0 aliphatic rings. The van der Waals surface area contributed by atoms with E-state index in [9.17, 15) is 14.0 Å². The van der Waals surface area contributed by atoms with Crippen LogP contribution in [0.2, 0.25) is 0 Å². The van der Waals surface area contributed by atoms with Gasteiger partial charge in [0.25, 0.3) is 6.47 Å². The lowest BCUT2D eigenvalue weighted by Gasteiger charge is -2.07. The van der Waals surface area contributed by atoms with Crippen LogP contribution in [0.5, 0.6) is 11.5 Å². The van der Waals surface area contributed by atoms with Gasteiger partial charge in [-0.05, 0) is 56.2 Å². The fourth-order valence-electron chi connectivity index (χ4n) is 1.74. The molecule has 0 amide bonds. The number of carbonyl (C=O) groups excluding carboxylic acids is 2. The minimum absolute atomic E-state index is 0.134. The number of ether oxygens (including phenoxy) is 2. The van der Waals surface area contributed by atoms with E-state index in [-0.39, 0.29) is 12.2 Å². The number of carbonyl (C=O) groups is 2. The van der Waals surface area contributed by atoms with Gasteiger partial charge in [-0.3, -0.25) is 4.79 Å². The number of halogens is 1. The molecule has 0 heterocycles. The molecule has 0 N–H and O–H groups in total. The first-order valence-corrected chi connectivity index (χ1v) is 7.74. The van der Waals surface area contributed by atoms with Crippen molar-refractivity contribution >= 4 is 12.4 Å². The van der Waals surface area contributed by atoms with Crippen molar-refractivity contribution in [3.8, 4) is 22.6 Å². The first-order valence-electron chi connectivity index (χ1n) is 7.74. The van der Waals surface area contributed by atoms with Crippen molar-refractivity contribution in [3.63, 3.8) is 0 Å². The maximum atomic E-state index is 13.7. The first-order chi connectivity index (χ1) is 12.2. The summed E-state index contributed by atoms with van der Waals surface area (Å²) in [5.41, 5.74) is 2.80. The Bertz CT molecular complexity index is 803. The molecule has 0 unspecified atom stereocenters. The molecule has 0 bridgehead atoms. The van der Waals surface area contributed by atoms with E-state index < -0.39 is 11.8 Å². The van der Waals surface area contributed by atoms with Crippen LogP contribution in [0, 0.1) is 5.82 Å². The summed E-state index contributed by atoms with van der Waals surface area (Å²) in [6.45, 7) is 12.7. The molecule has 2 aromatic carbocycles. The smallest absolute Gasteiger partial charge is 0.338 e. The van der Waals surface area contributed by atoms with Crippen molar-refractivity contribution in [2.45, 2.75) is 20.8 Å². The predicted octanol–water partition coefficient (Wildman–Crippen LogP) is 5.09. The van der Waals surface area contributed by atoms with Crippen molar-refractivity contribution in [1.29, 1.82) is 0 Å². The van der Waals surface area contributed by atoms with Crippen molar-refractivity contribution < 1.29 is 23.5 Å². The number of hydrogen-bond acceptors (Lipinski definition) is 4. The van der Waals surface area contributed by atoms with Gasteiger partial charge in [0, 0.05) is 5.57 Å². The third kappa shape index (κ3) is 6.73. The molecule has 0 aromatic heterocycles. The average molecular weight is 356 g/mol. The second-order valence-electron chi connectivity index (χ2n) is 5.76. The van der Waals surface area contributed by atoms with Crippen LogP contribution >= 0.6 is 0 Å². The molecule has 0 saturated heterocycles. The SMILES string of the molecule is C=C(C)C.C=C(C)C(=O)Oc1ccc(-c2ccc(OC=O)c(F)c2)cc1. The highest BCUT2D eigenvalue weighted by Crippen LogP contribution is 2.27. The minimum atomic E-state index is -0.637. The van der Waals surface area contributed by atoms with Gasteiger partial charge in [0.15, 0.2) is 11.6 Å². The van der Waals surface area contributed by atoms with Crippen molar-refractivity contribution in [2.24, 2.45) is 0 Å². The third-order valence-corrected chi connectivity index (χ3v) is 2.85. The summed E-state index contributed by atoms with van der Waals surface area (Å²) in [7, 11) is 0. The van der Waals surface area contributed by atoms with E-state index in [0.717, 1.165) is 5.56 Å². The quantitative estimate of drug-likeness (QED) is 0.246. The first kappa shape index (κ1) is 20.8. The van der Waals surface area contributed by atoms with E-state index in [1.54, 1.807) is 37.3 Å². The highest BCUT2D eigenvalue weighted by Gasteiger charge is 2.08. The van der Waals surface area contributed by atoms with Gasteiger partial charge in [-0.1, -0.05) is 30.4 Å². The Balaban J connectivity index is 0.000000765. The molecule has 5 heteroatoms. The molecule has 0 atom stereocenters. The minimum Gasteiger partial charge on any atom is -0.426 e. The van der Waals surface area contributed by atoms with Crippen LogP contribution in [0.4, 0.5) is 4.39 Å². The highest BCUT2D eigenvalue weighted by atomic mass is 19.1. The van der Waals surface area contributed by atoms with E-state index in [2.05, 4.69) is 17.9 Å². The zero-order valence-corrected chi connectivity index (χ0v) is 15.0. The molecule has 0 radical (unpaired) electrons. The van der Waals surface area contributed by atoms with Gasteiger partial charge in [-0.25, -0.2) is 9.18 Å². The second-order valence-corrected chi connectivity index (χ2v) is 5.76. The van der Waals surface area contributed by atoms with E-state index in [1.807, 2.05) is 13.8 Å². The van der Waals surface area contributed by atoms with E-state index in [0.29, 0.717) is 16.9 Å². The van der Waals surface area contributed by atoms with Gasteiger partial charge in [-0.2, -0.15) is 0 Å². The fraction of sp³-hybridized carbons (Fsp3) is 0.143. The maximum Gasteiger partial charge on any atom is 0.338 e. The Morgan fingerprint density at radius 3 is 2.00 bits per heavy atom. The monoisotopic (exact) mass is 356 g/mol. The van der Waals surface area contributed by atoms with Crippen molar-refractivity contribution in [2.75, 3.05) is 0 Å². The summed E-state index contributed by atoms with van der Waals surface area (Å²) in [6.07, 6.45) is 0. The lowest BCUT2D eigenvalue weighted by atomic mass is 10.1. The number of hydrogen-bond donors (Lipinski definition) is 0. The van der Waals surface area contributed by atoms with Crippen LogP contribution in [0.3, 0.4) is 0 Å². The number of allylic oxidation sites excluding steroid dienone is 1. The van der Waals surface area contributed by atoms with Gasteiger partial charge < -0.3 is 9.47 Å². The van der Waals surface area contributed by atoms with Crippen molar-refractivity contribution in [1.82, 2.24) is 0 Å². The van der Waals surface area contributed by atoms with Gasteiger partial charge in [0.1, 0.15) is 5.75 Å². The summed E-state index contributed by atoms with van der Waals surface area (Å²) in [6, 6.07) is 10.8. The predicted molar refractivity (Wildman–Crippen MR) is 99.5 cm³/mol. The van der Waals surface area contributed by atoms with E-state index in [1.165, 1.54) is 17.7 Å². The summed E-state index contributed by atoms with van der Waals surface area (Å²) in [5, 5.41) is 0. The fourth-order valence-corrected chi connectivity index (χ4v) is 1.74. The molecular formula is C21H21FO4. The van der Waals surface area contributed by atoms with Crippen LogP contribution in [0.25, 0.3) is 11.1 Å². The topological polar surface area (TPSA) is 52.6 Å². The van der Waals surface area contributed by atoms with Gasteiger partial charge in [0.05, 0.1) is 0 Å². The van der Waals surface area contributed by atoms with E-state index in [4.69, 9.17) is 4.74 Å². The average Bonchev–Trinajstić information content (AvgIpc) is 2.57. The van der Waals surface area contributed by atoms with Crippen LogP contribution in [-0.4, -0.2) is 12.4 Å². The lowest BCUT2D eigenvalue weighted by molar-refractivity contribution is -0.130. The molecule has 4 nitrogen and oxygen atoms in total. The normalized spacial score (nSPS) is 9.38. The third-order valence-electron chi connectivity index (χ3n) is 2.85. The zero-order valence-electron chi connectivity index (χ0n) is 15.0. The second kappa shape index (κ2) is 9.93.